The number of rotatable bonds is 7. The molecule has 0 unspecified atom stereocenters. The minimum absolute atomic E-state index is 0.128. The van der Waals surface area contributed by atoms with Gasteiger partial charge in [-0.3, -0.25) is 14.9 Å². The number of nitro groups is 1. The Kier molecular flexibility index (Phi) is 6.15. The first kappa shape index (κ1) is 18.8. The van der Waals surface area contributed by atoms with E-state index in [1.165, 1.54) is 38.5 Å². The molecule has 2 aromatic carbocycles. The maximum Gasteiger partial charge on any atom is 0.273 e. The monoisotopic (exact) mass is 358 g/mol. The molecule has 1 amide bonds. The smallest absolute Gasteiger partial charge is 0.273 e. The molecule has 0 aromatic heterocycles. The van der Waals surface area contributed by atoms with Crippen molar-refractivity contribution in [1.82, 2.24) is 0 Å². The van der Waals surface area contributed by atoms with Gasteiger partial charge in [0, 0.05) is 17.7 Å². The summed E-state index contributed by atoms with van der Waals surface area (Å²) in [6.45, 7) is 0. The van der Waals surface area contributed by atoms with E-state index in [1.54, 1.807) is 31.4 Å². The van der Waals surface area contributed by atoms with Crippen molar-refractivity contribution in [2.45, 2.75) is 0 Å². The largest absolute Gasteiger partial charge is 0.497 e. The highest BCUT2D eigenvalue weighted by molar-refractivity contribution is 6.03. The first-order valence-electron chi connectivity index (χ1n) is 7.52. The average molecular weight is 358 g/mol. The summed E-state index contributed by atoms with van der Waals surface area (Å²) in [6, 6.07) is 9.15. The quantitative estimate of drug-likeness (QED) is 0.463. The highest BCUT2D eigenvalue weighted by atomic mass is 16.6. The van der Waals surface area contributed by atoms with Crippen molar-refractivity contribution < 1.29 is 23.9 Å². The number of hydrogen-bond donors (Lipinski definition) is 1. The third-order valence-electron chi connectivity index (χ3n) is 3.50. The Bertz CT molecular complexity index is 848. The molecule has 0 spiro atoms. The maximum absolute atomic E-state index is 12.2. The summed E-state index contributed by atoms with van der Waals surface area (Å²) >= 11 is 0. The predicted molar refractivity (Wildman–Crippen MR) is 96.9 cm³/mol. The van der Waals surface area contributed by atoms with E-state index in [2.05, 4.69) is 5.32 Å². The molecule has 2 rings (SSSR count). The van der Waals surface area contributed by atoms with Crippen molar-refractivity contribution in [3.63, 3.8) is 0 Å². The SMILES string of the molecule is COc1ccc(OC)c(/C=C/C(=O)Nc2ccc([N+](=O)[O-])cc2OC)c1. The van der Waals surface area contributed by atoms with Gasteiger partial charge in [0.15, 0.2) is 0 Å². The van der Waals surface area contributed by atoms with Crippen LogP contribution in [0.1, 0.15) is 5.56 Å². The third-order valence-corrected chi connectivity index (χ3v) is 3.50. The van der Waals surface area contributed by atoms with E-state index in [4.69, 9.17) is 14.2 Å². The number of anilines is 1. The van der Waals surface area contributed by atoms with Gasteiger partial charge in [-0.1, -0.05) is 0 Å². The van der Waals surface area contributed by atoms with Crippen molar-refractivity contribution >= 4 is 23.4 Å². The molecule has 0 radical (unpaired) electrons. The Balaban J connectivity index is 2.19. The van der Waals surface area contributed by atoms with E-state index in [0.29, 0.717) is 22.7 Å². The van der Waals surface area contributed by atoms with E-state index in [0.717, 1.165) is 0 Å². The lowest BCUT2D eigenvalue weighted by molar-refractivity contribution is -0.384. The number of nitrogens with one attached hydrogen (secondary N) is 1. The zero-order valence-corrected chi connectivity index (χ0v) is 14.5. The van der Waals surface area contributed by atoms with E-state index in [9.17, 15) is 14.9 Å². The van der Waals surface area contributed by atoms with Gasteiger partial charge in [-0.25, -0.2) is 0 Å². The van der Waals surface area contributed by atoms with Gasteiger partial charge in [-0.05, 0) is 30.3 Å². The van der Waals surface area contributed by atoms with E-state index >= 15 is 0 Å². The third kappa shape index (κ3) is 4.50. The lowest BCUT2D eigenvalue weighted by Crippen LogP contribution is -2.09. The first-order valence-corrected chi connectivity index (χ1v) is 7.52. The topological polar surface area (TPSA) is 99.9 Å². The number of hydrogen-bond acceptors (Lipinski definition) is 6. The van der Waals surface area contributed by atoms with Crippen LogP contribution in [0, 0.1) is 10.1 Å². The van der Waals surface area contributed by atoms with Gasteiger partial charge >= 0.3 is 0 Å². The second-order valence-electron chi connectivity index (χ2n) is 5.07. The van der Waals surface area contributed by atoms with Crippen molar-refractivity contribution in [3.8, 4) is 17.2 Å². The minimum atomic E-state index is -0.539. The molecule has 8 nitrogen and oxygen atoms in total. The molecule has 2 aromatic rings. The van der Waals surface area contributed by atoms with Gasteiger partial charge in [0.25, 0.3) is 5.69 Å². The highest BCUT2D eigenvalue weighted by Gasteiger charge is 2.12. The summed E-state index contributed by atoms with van der Waals surface area (Å²) in [7, 11) is 4.44. The standard InChI is InChI=1S/C18H18N2O6/c1-24-14-6-8-16(25-2)12(10-14)4-9-18(21)19-15-7-5-13(20(22)23)11-17(15)26-3/h4-11H,1-3H3,(H,19,21)/b9-4+. The highest BCUT2D eigenvalue weighted by Crippen LogP contribution is 2.29. The number of carbonyl (C=O) groups is 1. The first-order chi connectivity index (χ1) is 12.5. The number of nitrogens with zero attached hydrogens (tertiary/aromatic N) is 1. The van der Waals surface area contributed by atoms with Crippen molar-refractivity contribution in [2.75, 3.05) is 26.6 Å². The number of methoxy groups -OCH3 is 3. The molecular formula is C18H18N2O6. The van der Waals surface area contributed by atoms with Crippen LogP contribution in [0.4, 0.5) is 11.4 Å². The molecule has 0 bridgehead atoms. The molecule has 1 N–H and O–H groups in total. The number of ether oxygens (including phenoxy) is 3. The molecule has 8 heteroatoms. The van der Waals surface area contributed by atoms with Crippen LogP contribution < -0.4 is 19.5 Å². The van der Waals surface area contributed by atoms with Crippen molar-refractivity contribution in [3.05, 3.63) is 58.2 Å². The van der Waals surface area contributed by atoms with Gasteiger partial charge in [0.1, 0.15) is 17.2 Å². The number of amides is 1. The number of benzene rings is 2. The molecule has 0 saturated carbocycles. The summed E-state index contributed by atoms with van der Waals surface area (Å²) in [5.74, 6) is 0.979. The lowest BCUT2D eigenvalue weighted by atomic mass is 10.1. The zero-order valence-electron chi connectivity index (χ0n) is 14.5. The van der Waals surface area contributed by atoms with Gasteiger partial charge in [0.05, 0.1) is 38.0 Å². The second-order valence-corrected chi connectivity index (χ2v) is 5.07. The number of nitro benzene ring substituents is 1. The molecule has 0 aliphatic rings. The van der Waals surface area contributed by atoms with Gasteiger partial charge in [-0.15, -0.1) is 0 Å². The second kappa shape index (κ2) is 8.52. The van der Waals surface area contributed by atoms with Crippen LogP contribution in [-0.2, 0) is 4.79 Å². The van der Waals surface area contributed by atoms with Crippen LogP contribution in [0.15, 0.2) is 42.5 Å². The zero-order chi connectivity index (χ0) is 19.1. The summed E-state index contributed by atoms with van der Waals surface area (Å²) in [5.41, 5.74) is 0.861. The van der Waals surface area contributed by atoms with Crippen LogP contribution in [-0.4, -0.2) is 32.2 Å². The number of non-ortho nitro benzene ring substituents is 1. The predicted octanol–water partition coefficient (Wildman–Crippen LogP) is 3.27. The Morgan fingerprint density at radius 2 is 1.77 bits per heavy atom. The Morgan fingerprint density at radius 3 is 2.38 bits per heavy atom. The minimum Gasteiger partial charge on any atom is -0.497 e. The van der Waals surface area contributed by atoms with Crippen molar-refractivity contribution in [1.29, 1.82) is 0 Å². The van der Waals surface area contributed by atoms with E-state index < -0.39 is 10.8 Å². The van der Waals surface area contributed by atoms with Crippen LogP contribution in [0.3, 0.4) is 0 Å². The summed E-state index contributed by atoms with van der Waals surface area (Å²) in [5, 5.41) is 13.4. The fourth-order valence-electron chi connectivity index (χ4n) is 2.21. The van der Waals surface area contributed by atoms with Crippen LogP contribution in [0.5, 0.6) is 17.2 Å². The Morgan fingerprint density at radius 1 is 1.04 bits per heavy atom. The van der Waals surface area contributed by atoms with Gasteiger partial charge in [-0.2, -0.15) is 0 Å². The van der Waals surface area contributed by atoms with Gasteiger partial charge < -0.3 is 19.5 Å². The summed E-state index contributed by atoms with van der Waals surface area (Å²) < 4.78 is 15.5. The molecule has 0 fully saturated rings. The fraction of sp³-hybridized carbons (Fsp3) is 0.167. The number of carbonyl (C=O) groups excluding carboxylic acids is 1. The molecule has 0 aliphatic heterocycles. The molecule has 136 valence electrons. The van der Waals surface area contributed by atoms with E-state index in [-0.39, 0.29) is 11.4 Å². The van der Waals surface area contributed by atoms with Crippen molar-refractivity contribution in [2.24, 2.45) is 0 Å². The average Bonchev–Trinajstić information content (AvgIpc) is 2.66. The summed E-state index contributed by atoms with van der Waals surface area (Å²) in [6.07, 6.45) is 2.90. The van der Waals surface area contributed by atoms with E-state index in [1.807, 2.05) is 0 Å². The molecule has 26 heavy (non-hydrogen) atoms. The summed E-state index contributed by atoms with van der Waals surface area (Å²) in [4.78, 5) is 22.4. The normalized spacial score (nSPS) is 10.4. The molecule has 0 saturated heterocycles. The Hall–Kier alpha value is -3.55. The molecule has 0 heterocycles. The maximum atomic E-state index is 12.2. The van der Waals surface area contributed by atoms with Crippen LogP contribution >= 0.6 is 0 Å². The van der Waals surface area contributed by atoms with Gasteiger partial charge in [0.2, 0.25) is 5.91 Å². The van der Waals surface area contributed by atoms with Crippen LogP contribution in [0.2, 0.25) is 0 Å². The molecular weight excluding hydrogens is 340 g/mol. The molecule has 0 aliphatic carbocycles. The fourth-order valence-corrected chi connectivity index (χ4v) is 2.21. The molecule has 0 atom stereocenters. The van der Waals surface area contributed by atoms with Crippen LogP contribution in [0.25, 0.3) is 6.08 Å². The Labute approximate surface area is 150 Å². The lowest BCUT2D eigenvalue weighted by Gasteiger charge is -2.09.